The summed E-state index contributed by atoms with van der Waals surface area (Å²) in [5, 5.41) is 15.5. The molecule has 1 fully saturated rings. The van der Waals surface area contributed by atoms with Gasteiger partial charge in [0.1, 0.15) is 0 Å². The van der Waals surface area contributed by atoms with Gasteiger partial charge < -0.3 is 24.3 Å². The number of aliphatic hydroxyl groups is 1. The van der Waals surface area contributed by atoms with Crippen molar-refractivity contribution in [2.24, 2.45) is 5.92 Å². The Labute approximate surface area is 239 Å². The van der Waals surface area contributed by atoms with E-state index in [1.54, 1.807) is 35.4 Å². The lowest BCUT2D eigenvalue weighted by molar-refractivity contribution is -0.146. The molecule has 3 heterocycles. The summed E-state index contributed by atoms with van der Waals surface area (Å²) in [6, 6.07) is 12.6. The minimum absolute atomic E-state index is 0.136. The first-order valence-corrected chi connectivity index (χ1v) is 17.1. The maximum absolute atomic E-state index is 14.4. The molecule has 0 bridgehead atoms. The number of unbranched alkanes of at least 4 members (excludes halogenated alkanes) is 1. The van der Waals surface area contributed by atoms with E-state index in [0.717, 1.165) is 5.39 Å². The van der Waals surface area contributed by atoms with Crippen LogP contribution in [-0.2, 0) is 24.7 Å². The molecule has 1 amide bonds. The molecule has 1 spiro atoms. The van der Waals surface area contributed by atoms with Gasteiger partial charge in [-0.25, -0.2) is 0 Å². The second-order valence-corrected chi connectivity index (χ2v) is 15.5. The third-order valence-corrected chi connectivity index (χ3v) is 11.1. The van der Waals surface area contributed by atoms with E-state index in [1.165, 1.54) is 11.8 Å². The zero-order chi connectivity index (χ0) is 29.5. The molecule has 11 heteroatoms. The molecule has 5 rings (SSSR count). The van der Waals surface area contributed by atoms with Gasteiger partial charge in [-0.2, -0.15) is 9.78 Å². The van der Waals surface area contributed by atoms with Crippen LogP contribution in [0.25, 0.3) is 16.5 Å². The zero-order valence-corrected chi connectivity index (χ0v) is 24.9. The Balaban J connectivity index is 1.62. The van der Waals surface area contributed by atoms with Gasteiger partial charge in [0.25, 0.3) is 11.5 Å². The number of anilines is 1. The molecule has 3 aromatic rings. The van der Waals surface area contributed by atoms with Crippen LogP contribution in [0.15, 0.2) is 53.5 Å². The monoisotopic (exact) mass is 579 g/mol. The molecule has 2 N–H and O–H groups in total. The second kappa shape index (κ2) is 11.1. The predicted octanol–water partition coefficient (Wildman–Crippen LogP) is 3.26. The van der Waals surface area contributed by atoms with Crippen LogP contribution in [-0.4, -0.2) is 66.2 Å². The molecule has 4 atom stereocenters. The maximum Gasteiger partial charge on any atom is 0.305 e. The van der Waals surface area contributed by atoms with Crippen molar-refractivity contribution in [3.05, 3.63) is 64.6 Å². The molecule has 0 aliphatic carbocycles. The number of hydrogen-bond acceptors (Lipinski definition) is 8. The highest BCUT2D eigenvalue weighted by Crippen LogP contribution is 2.59. The average molecular weight is 580 g/mol. The van der Waals surface area contributed by atoms with E-state index in [9.17, 15) is 24.3 Å². The van der Waals surface area contributed by atoms with Gasteiger partial charge in [-0.05, 0) is 56.6 Å². The third-order valence-electron chi connectivity index (χ3n) is 8.56. The van der Waals surface area contributed by atoms with Crippen molar-refractivity contribution in [2.45, 2.75) is 62.9 Å². The van der Waals surface area contributed by atoms with Crippen molar-refractivity contribution < 1.29 is 29.0 Å². The highest BCUT2D eigenvalue weighted by Gasteiger charge is 2.66. The maximum atomic E-state index is 14.4. The fourth-order valence-corrected chi connectivity index (χ4v) is 9.34. The summed E-state index contributed by atoms with van der Waals surface area (Å²) in [6.07, 6.45) is 2.80. The Morgan fingerprint density at radius 2 is 1.93 bits per heavy atom. The first-order chi connectivity index (χ1) is 19.5. The standard InChI is InChI=1S/C30H37N3O7Si/c1-19-27(41(3,4)38)25(14-16-34)40-30(19)23-17-21(33-28(36)22-10-6-5-9-20(22)18-31-33)12-13-24(23)32(29(30)37)15-8-7-11-26(35)39-2/h5-6,9-10,12-13,17-19,25,27,34,38H,7-8,11,14-16H2,1-4H3/t19-,25+,27-,30+/m1/s1. The summed E-state index contributed by atoms with van der Waals surface area (Å²) < 4.78 is 12.7. The molecule has 0 unspecified atom stereocenters. The van der Waals surface area contributed by atoms with Crippen molar-refractivity contribution in [1.82, 2.24) is 9.78 Å². The van der Waals surface area contributed by atoms with Crippen molar-refractivity contribution >= 4 is 36.7 Å². The van der Waals surface area contributed by atoms with E-state index in [1.807, 2.05) is 38.2 Å². The largest absolute Gasteiger partial charge is 0.469 e. The highest BCUT2D eigenvalue weighted by atomic mass is 28.4. The van der Waals surface area contributed by atoms with E-state index >= 15 is 0 Å². The van der Waals surface area contributed by atoms with Crippen molar-refractivity contribution in [3.8, 4) is 5.69 Å². The van der Waals surface area contributed by atoms with Crippen LogP contribution in [0.4, 0.5) is 5.69 Å². The Kier molecular flexibility index (Phi) is 7.90. The lowest BCUT2D eigenvalue weighted by Gasteiger charge is -2.32. The molecule has 1 saturated heterocycles. The lowest BCUT2D eigenvalue weighted by Crippen LogP contribution is -2.46. The van der Waals surface area contributed by atoms with Gasteiger partial charge in [-0.15, -0.1) is 0 Å². The van der Waals surface area contributed by atoms with Crippen LogP contribution < -0.4 is 10.5 Å². The van der Waals surface area contributed by atoms with Crippen molar-refractivity contribution in [1.29, 1.82) is 0 Å². The molecule has 2 aromatic carbocycles. The molecular formula is C30H37N3O7Si. The van der Waals surface area contributed by atoms with Gasteiger partial charge in [0.05, 0.1) is 36.2 Å². The van der Waals surface area contributed by atoms with E-state index in [4.69, 9.17) is 9.47 Å². The Morgan fingerprint density at radius 3 is 2.63 bits per heavy atom. The Bertz CT molecular complexity index is 1530. The van der Waals surface area contributed by atoms with Crippen molar-refractivity contribution in [3.63, 3.8) is 0 Å². The molecule has 2 aliphatic rings. The minimum atomic E-state index is -2.84. The summed E-state index contributed by atoms with van der Waals surface area (Å²) in [5.41, 5.74) is -0.203. The van der Waals surface area contributed by atoms with Gasteiger partial charge in [0, 0.05) is 42.0 Å². The van der Waals surface area contributed by atoms with Crippen LogP contribution in [0.3, 0.4) is 0 Å². The Morgan fingerprint density at radius 1 is 1.17 bits per heavy atom. The summed E-state index contributed by atoms with van der Waals surface area (Å²) in [5.74, 6) is -0.934. The number of carbonyl (C=O) groups excluding carboxylic acids is 2. The second-order valence-electron chi connectivity index (χ2n) is 11.5. The van der Waals surface area contributed by atoms with E-state index in [-0.39, 0.29) is 36.0 Å². The first-order valence-electron chi connectivity index (χ1n) is 14.1. The summed E-state index contributed by atoms with van der Waals surface area (Å²) in [6.45, 7) is 5.83. The number of ether oxygens (including phenoxy) is 2. The normalized spacial score (nSPS) is 23.9. The van der Waals surface area contributed by atoms with Crippen LogP contribution in [0.2, 0.25) is 18.6 Å². The number of benzene rings is 2. The van der Waals surface area contributed by atoms with Gasteiger partial charge in [0.2, 0.25) is 0 Å². The number of aromatic nitrogens is 2. The number of methoxy groups -OCH3 is 1. The van der Waals surface area contributed by atoms with Gasteiger partial charge in [-0.1, -0.05) is 25.1 Å². The van der Waals surface area contributed by atoms with E-state index in [0.29, 0.717) is 48.1 Å². The summed E-state index contributed by atoms with van der Waals surface area (Å²) in [4.78, 5) is 52.4. The minimum Gasteiger partial charge on any atom is -0.469 e. The smallest absolute Gasteiger partial charge is 0.305 e. The number of amides is 1. The Hall–Kier alpha value is -3.38. The van der Waals surface area contributed by atoms with Gasteiger partial charge in [0.15, 0.2) is 13.9 Å². The van der Waals surface area contributed by atoms with Crippen LogP contribution >= 0.6 is 0 Å². The molecule has 0 radical (unpaired) electrons. The molecule has 218 valence electrons. The molecule has 2 aliphatic heterocycles. The van der Waals surface area contributed by atoms with Crippen LogP contribution in [0, 0.1) is 5.92 Å². The molecule has 10 nitrogen and oxygen atoms in total. The highest BCUT2D eigenvalue weighted by molar-refractivity contribution is 6.71. The number of carbonyl (C=O) groups is 2. The molecule has 0 saturated carbocycles. The quantitative estimate of drug-likeness (QED) is 0.224. The molecule has 41 heavy (non-hydrogen) atoms. The topological polar surface area (TPSA) is 131 Å². The number of fused-ring (bicyclic) bond motifs is 3. The number of rotatable bonds is 9. The van der Waals surface area contributed by atoms with Crippen LogP contribution in [0.5, 0.6) is 0 Å². The first kappa shape index (κ1) is 29.1. The predicted molar refractivity (Wildman–Crippen MR) is 156 cm³/mol. The van der Waals surface area contributed by atoms with E-state index < -0.39 is 25.9 Å². The summed E-state index contributed by atoms with van der Waals surface area (Å²) in [7, 11) is -1.49. The molecular weight excluding hydrogens is 542 g/mol. The number of nitrogens with zero attached hydrogens (tertiary/aromatic N) is 3. The zero-order valence-electron chi connectivity index (χ0n) is 23.9. The average Bonchev–Trinajstić information content (AvgIpc) is 3.37. The van der Waals surface area contributed by atoms with Gasteiger partial charge >= 0.3 is 5.97 Å². The lowest BCUT2D eigenvalue weighted by atomic mass is 9.82. The van der Waals surface area contributed by atoms with Gasteiger partial charge in [-0.3, -0.25) is 14.4 Å². The SMILES string of the molecule is COC(=O)CCCCN1C(=O)[C@@]2(O[C@@H](CCO)[C@H]([Si](C)(C)O)[C@H]2C)c2cc(-n3ncc4ccccc4c3=O)ccc21. The number of hydrogen-bond donors (Lipinski definition) is 2. The number of esters is 1. The number of aliphatic hydroxyl groups excluding tert-OH is 1. The molecule has 1 aromatic heterocycles. The van der Waals surface area contributed by atoms with Crippen LogP contribution in [0.1, 0.15) is 38.2 Å². The van der Waals surface area contributed by atoms with E-state index in [2.05, 4.69) is 5.10 Å². The van der Waals surface area contributed by atoms with Crippen molar-refractivity contribution in [2.75, 3.05) is 25.2 Å². The third kappa shape index (κ3) is 4.90. The fourth-order valence-electron chi connectivity index (χ4n) is 6.73. The summed E-state index contributed by atoms with van der Waals surface area (Å²) >= 11 is 0. The fraction of sp³-hybridized carbons (Fsp3) is 0.467.